The van der Waals surface area contributed by atoms with E-state index in [0.717, 1.165) is 10.9 Å². The summed E-state index contributed by atoms with van der Waals surface area (Å²) >= 11 is 0. The number of carbonyl (C=O) groups is 2. The molecule has 0 bridgehead atoms. The van der Waals surface area contributed by atoms with Gasteiger partial charge in [0.2, 0.25) is 5.91 Å². The van der Waals surface area contributed by atoms with E-state index in [1.165, 1.54) is 5.39 Å². The van der Waals surface area contributed by atoms with Crippen LogP contribution < -0.4 is 5.32 Å². The molecule has 0 radical (unpaired) electrons. The van der Waals surface area contributed by atoms with Crippen molar-refractivity contribution >= 4 is 22.6 Å². The van der Waals surface area contributed by atoms with Crippen molar-refractivity contribution in [2.75, 3.05) is 0 Å². The van der Waals surface area contributed by atoms with Crippen molar-refractivity contribution in [1.82, 2.24) is 5.32 Å². The van der Waals surface area contributed by atoms with E-state index in [2.05, 4.69) is 29.6 Å². The van der Waals surface area contributed by atoms with Crippen molar-refractivity contribution in [3.8, 4) is 0 Å². The van der Waals surface area contributed by atoms with Crippen molar-refractivity contribution in [3.05, 3.63) is 48.0 Å². The van der Waals surface area contributed by atoms with Crippen LogP contribution in [0.2, 0.25) is 0 Å². The average Bonchev–Trinajstić information content (AvgIpc) is 2.87. The molecule has 0 aliphatic carbocycles. The number of rotatable bonds is 5. The SMILES string of the molecule is O=C(O)CC[C@@]1(Cc2cccc3ccccc23)CCC(=O)N1. The van der Waals surface area contributed by atoms with Crippen molar-refractivity contribution < 1.29 is 14.7 Å². The topological polar surface area (TPSA) is 66.4 Å². The molecule has 4 heteroatoms. The van der Waals surface area contributed by atoms with E-state index in [1.807, 2.05) is 18.2 Å². The molecule has 2 aromatic carbocycles. The first-order chi connectivity index (χ1) is 10.6. The second-order valence-electron chi connectivity index (χ2n) is 6.04. The Bertz CT molecular complexity index is 720. The lowest BCUT2D eigenvalue weighted by Gasteiger charge is -2.29. The lowest BCUT2D eigenvalue weighted by Crippen LogP contribution is -2.44. The van der Waals surface area contributed by atoms with Gasteiger partial charge in [-0.2, -0.15) is 0 Å². The maximum Gasteiger partial charge on any atom is 0.303 e. The highest BCUT2D eigenvalue weighted by molar-refractivity contribution is 5.86. The molecule has 114 valence electrons. The Morgan fingerprint density at radius 1 is 1.18 bits per heavy atom. The third-order valence-electron chi connectivity index (χ3n) is 4.46. The molecular formula is C18H19NO3. The second-order valence-corrected chi connectivity index (χ2v) is 6.04. The van der Waals surface area contributed by atoms with Crippen LogP contribution in [0.25, 0.3) is 10.8 Å². The van der Waals surface area contributed by atoms with E-state index in [-0.39, 0.29) is 12.3 Å². The van der Waals surface area contributed by atoms with Crippen LogP contribution in [-0.4, -0.2) is 22.5 Å². The molecule has 0 unspecified atom stereocenters. The fourth-order valence-corrected chi connectivity index (χ4v) is 3.34. The zero-order valence-corrected chi connectivity index (χ0v) is 12.3. The lowest BCUT2D eigenvalue weighted by atomic mass is 9.83. The van der Waals surface area contributed by atoms with E-state index in [9.17, 15) is 9.59 Å². The van der Waals surface area contributed by atoms with Gasteiger partial charge in [0.05, 0.1) is 0 Å². The highest BCUT2D eigenvalue weighted by atomic mass is 16.4. The third kappa shape index (κ3) is 2.96. The normalized spacial score (nSPS) is 21.0. The predicted molar refractivity (Wildman–Crippen MR) is 84.6 cm³/mol. The van der Waals surface area contributed by atoms with Gasteiger partial charge >= 0.3 is 5.97 Å². The number of carbonyl (C=O) groups excluding carboxylic acids is 1. The molecule has 1 amide bonds. The summed E-state index contributed by atoms with van der Waals surface area (Å²) in [5.74, 6) is -0.802. The van der Waals surface area contributed by atoms with Gasteiger partial charge in [0.25, 0.3) is 0 Å². The smallest absolute Gasteiger partial charge is 0.303 e. The number of nitrogens with one attached hydrogen (secondary N) is 1. The Balaban J connectivity index is 1.92. The van der Waals surface area contributed by atoms with Crippen molar-refractivity contribution in [3.63, 3.8) is 0 Å². The number of fused-ring (bicyclic) bond motifs is 1. The summed E-state index contributed by atoms with van der Waals surface area (Å²) in [7, 11) is 0. The largest absolute Gasteiger partial charge is 0.481 e. The second kappa shape index (κ2) is 5.79. The molecular weight excluding hydrogens is 278 g/mol. The van der Waals surface area contributed by atoms with Crippen LogP contribution >= 0.6 is 0 Å². The van der Waals surface area contributed by atoms with E-state index in [4.69, 9.17) is 5.11 Å². The summed E-state index contributed by atoms with van der Waals surface area (Å²) in [5.41, 5.74) is 0.727. The molecule has 1 fully saturated rings. The molecule has 1 saturated heterocycles. The monoisotopic (exact) mass is 297 g/mol. The summed E-state index contributed by atoms with van der Waals surface area (Å²) < 4.78 is 0. The molecule has 0 spiro atoms. The highest BCUT2D eigenvalue weighted by Crippen LogP contribution is 2.32. The van der Waals surface area contributed by atoms with Crippen LogP contribution in [0.4, 0.5) is 0 Å². The summed E-state index contributed by atoms with van der Waals surface area (Å²) in [5, 5.41) is 14.3. The molecule has 1 aliphatic rings. The molecule has 4 nitrogen and oxygen atoms in total. The minimum atomic E-state index is -0.821. The number of carboxylic acid groups (broad SMARTS) is 1. The first-order valence-corrected chi connectivity index (χ1v) is 7.57. The Morgan fingerprint density at radius 2 is 1.95 bits per heavy atom. The number of benzene rings is 2. The minimum absolute atomic E-state index is 0.0191. The summed E-state index contributed by atoms with van der Waals surface area (Å²) in [4.78, 5) is 22.6. The number of carboxylic acids is 1. The molecule has 1 aliphatic heterocycles. The third-order valence-corrected chi connectivity index (χ3v) is 4.46. The molecule has 0 aromatic heterocycles. The van der Waals surface area contributed by atoms with Crippen LogP contribution in [0, 0.1) is 0 Å². The molecule has 2 N–H and O–H groups in total. The predicted octanol–water partition coefficient (Wildman–Crippen LogP) is 2.90. The molecule has 3 rings (SSSR count). The van der Waals surface area contributed by atoms with Crippen LogP contribution in [0.3, 0.4) is 0 Å². The molecule has 2 aromatic rings. The van der Waals surface area contributed by atoms with E-state index in [1.54, 1.807) is 0 Å². The maximum absolute atomic E-state index is 11.7. The van der Waals surface area contributed by atoms with Crippen LogP contribution in [0.15, 0.2) is 42.5 Å². The minimum Gasteiger partial charge on any atom is -0.481 e. The first kappa shape index (κ1) is 14.6. The van der Waals surface area contributed by atoms with Gasteiger partial charge in [0.15, 0.2) is 0 Å². The molecule has 1 heterocycles. The van der Waals surface area contributed by atoms with Crippen molar-refractivity contribution in [1.29, 1.82) is 0 Å². The number of hydrogen-bond donors (Lipinski definition) is 2. The molecule has 22 heavy (non-hydrogen) atoms. The fourth-order valence-electron chi connectivity index (χ4n) is 3.34. The zero-order valence-electron chi connectivity index (χ0n) is 12.3. The zero-order chi connectivity index (χ0) is 15.6. The highest BCUT2D eigenvalue weighted by Gasteiger charge is 2.38. The van der Waals surface area contributed by atoms with E-state index in [0.29, 0.717) is 25.7 Å². The quantitative estimate of drug-likeness (QED) is 0.891. The Kier molecular flexibility index (Phi) is 3.84. The van der Waals surface area contributed by atoms with Gasteiger partial charge in [-0.15, -0.1) is 0 Å². The molecule has 0 saturated carbocycles. The van der Waals surface area contributed by atoms with Crippen molar-refractivity contribution in [2.24, 2.45) is 0 Å². The lowest BCUT2D eigenvalue weighted by molar-refractivity contribution is -0.137. The van der Waals surface area contributed by atoms with Gasteiger partial charge in [-0.05, 0) is 35.6 Å². The van der Waals surface area contributed by atoms with E-state index < -0.39 is 11.5 Å². The standard InChI is InChI=1S/C18H19NO3/c20-16-8-10-18(19-16,11-9-17(21)22)12-14-6-3-5-13-4-1-2-7-15(13)14/h1-7H,8-12H2,(H,19,20)(H,21,22)/t18-/m1/s1. The summed E-state index contributed by atoms with van der Waals surface area (Å²) in [6, 6.07) is 14.3. The van der Waals surface area contributed by atoms with Gasteiger partial charge in [-0.3, -0.25) is 9.59 Å². The van der Waals surface area contributed by atoms with Gasteiger partial charge in [-0.25, -0.2) is 0 Å². The number of amides is 1. The number of aliphatic carboxylic acids is 1. The fraction of sp³-hybridized carbons (Fsp3) is 0.333. The van der Waals surface area contributed by atoms with Crippen LogP contribution in [0.1, 0.15) is 31.2 Å². The Morgan fingerprint density at radius 3 is 2.68 bits per heavy atom. The Labute approximate surface area is 129 Å². The van der Waals surface area contributed by atoms with Crippen LogP contribution in [0.5, 0.6) is 0 Å². The summed E-state index contributed by atoms with van der Waals surface area (Å²) in [6.07, 6.45) is 2.39. The average molecular weight is 297 g/mol. The first-order valence-electron chi connectivity index (χ1n) is 7.57. The Hall–Kier alpha value is -2.36. The van der Waals surface area contributed by atoms with Crippen LogP contribution in [-0.2, 0) is 16.0 Å². The summed E-state index contributed by atoms with van der Waals surface area (Å²) in [6.45, 7) is 0. The van der Waals surface area contributed by atoms with E-state index >= 15 is 0 Å². The number of hydrogen-bond acceptors (Lipinski definition) is 2. The van der Waals surface area contributed by atoms with Gasteiger partial charge in [0.1, 0.15) is 0 Å². The maximum atomic E-state index is 11.7. The van der Waals surface area contributed by atoms with Gasteiger partial charge < -0.3 is 10.4 Å². The van der Waals surface area contributed by atoms with Crippen molar-refractivity contribution in [2.45, 2.75) is 37.6 Å². The molecule has 1 atom stereocenters. The van der Waals surface area contributed by atoms with Gasteiger partial charge in [0, 0.05) is 18.4 Å². The van der Waals surface area contributed by atoms with Gasteiger partial charge in [-0.1, -0.05) is 42.5 Å².